The minimum Gasteiger partial charge on any atom is -0.317 e. The van der Waals surface area contributed by atoms with Crippen LogP contribution in [0.1, 0.15) is 79.6 Å². The van der Waals surface area contributed by atoms with Crippen LogP contribution in [0.5, 0.6) is 0 Å². The highest BCUT2D eigenvalue weighted by molar-refractivity contribution is 4.90. The molecule has 2 aliphatic rings. The van der Waals surface area contributed by atoms with E-state index in [9.17, 15) is 0 Å². The highest BCUT2D eigenvalue weighted by Gasteiger charge is 2.39. The normalized spacial score (nSPS) is 38.4. The second kappa shape index (κ2) is 7.49. The quantitative estimate of drug-likeness (QED) is 0.721. The summed E-state index contributed by atoms with van der Waals surface area (Å²) in [7, 11) is 0. The Bertz CT molecular complexity index is 291. The van der Waals surface area contributed by atoms with Gasteiger partial charge in [0.1, 0.15) is 0 Å². The van der Waals surface area contributed by atoms with Crippen LogP contribution < -0.4 is 5.32 Å². The zero-order valence-corrected chi connectivity index (χ0v) is 15.3. The Kier molecular flexibility index (Phi) is 6.17. The molecular weight excluding hydrogens is 254 g/mol. The summed E-state index contributed by atoms with van der Waals surface area (Å²) in [4.78, 5) is 0. The summed E-state index contributed by atoms with van der Waals surface area (Å²) < 4.78 is 0. The van der Waals surface area contributed by atoms with E-state index >= 15 is 0 Å². The van der Waals surface area contributed by atoms with Crippen LogP contribution in [0, 0.1) is 35.0 Å². The second-order valence-corrected chi connectivity index (χ2v) is 9.13. The van der Waals surface area contributed by atoms with E-state index in [-0.39, 0.29) is 0 Å². The van der Waals surface area contributed by atoms with Gasteiger partial charge in [-0.15, -0.1) is 0 Å². The van der Waals surface area contributed by atoms with E-state index in [2.05, 4.69) is 39.9 Å². The van der Waals surface area contributed by atoms with Crippen LogP contribution >= 0.6 is 0 Å². The number of rotatable bonds is 4. The van der Waals surface area contributed by atoms with Crippen LogP contribution in [0.25, 0.3) is 0 Å². The molecule has 21 heavy (non-hydrogen) atoms. The van der Waals surface area contributed by atoms with E-state index in [0.717, 1.165) is 36.1 Å². The van der Waals surface area contributed by atoms with Crippen LogP contribution in [0.15, 0.2) is 0 Å². The Balaban J connectivity index is 2.01. The average molecular weight is 294 g/mol. The van der Waals surface area contributed by atoms with Crippen molar-refractivity contribution in [3.05, 3.63) is 0 Å². The lowest BCUT2D eigenvalue weighted by molar-refractivity contribution is 0.0459. The van der Waals surface area contributed by atoms with Gasteiger partial charge in [-0.3, -0.25) is 0 Å². The maximum atomic E-state index is 3.65. The number of hydrogen-bond donors (Lipinski definition) is 1. The molecule has 0 radical (unpaired) electrons. The smallest absolute Gasteiger partial charge is 0.00179 e. The molecule has 2 rings (SSSR count). The van der Waals surface area contributed by atoms with Gasteiger partial charge in [-0.1, -0.05) is 47.5 Å². The van der Waals surface area contributed by atoms with E-state index in [1.807, 2.05) is 0 Å². The highest BCUT2D eigenvalue weighted by Crippen LogP contribution is 2.48. The van der Waals surface area contributed by atoms with Crippen LogP contribution in [-0.2, 0) is 0 Å². The Labute approximate surface area is 133 Å². The molecule has 2 fully saturated rings. The largest absolute Gasteiger partial charge is 0.317 e. The van der Waals surface area contributed by atoms with E-state index in [1.54, 1.807) is 0 Å². The first-order chi connectivity index (χ1) is 9.91. The van der Waals surface area contributed by atoms with Gasteiger partial charge in [0.25, 0.3) is 0 Å². The third-order valence-corrected chi connectivity index (χ3v) is 6.60. The summed E-state index contributed by atoms with van der Waals surface area (Å²) in [5, 5.41) is 3.65. The van der Waals surface area contributed by atoms with Gasteiger partial charge >= 0.3 is 0 Å². The van der Waals surface area contributed by atoms with Crippen LogP contribution in [0.4, 0.5) is 0 Å². The minimum atomic E-state index is 0.503. The van der Waals surface area contributed by atoms with Gasteiger partial charge in [-0.25, -0.2) is 0 Å². The summed E-state index contributed by atoms with van der Waals surface area (Å²) in [5.41, 5.74) is 0.503. The van der Waals surface area contributed by atoms with Crippen molar-refractivity contribution >= 4 is 0 Å². The van der Waals surface area contributed by atoms with E-state index in [1.165, 1.54) is 51.5 Å². The predicted octanol–water partition coefficient (Wildman–Crippen LogP) is 5.50. The van der Waals surface area contributed by atoms with Crippen LogP contribution in [0.2, 0.25) is 0 Å². The molecule has 3 unspecified atom stereocenters. The topological polar surface area (TPSA) is 12.0 Å². The van der Waals surface area contributed by atoms with Crippen molar-refractivity contribution in [1.29, 1.82) is 0 Å². The monoisotopic (exact) mass is 293 g/mol. The van der Waals surface area contributed by atoms with E-state index in [4.69, 9.17) is 0 Å². The van der Waals surface area contributed by atoms with Gasteiger partial charge in [-0.2, -0.15) is 0 Å². The average Bonchev–Trinajstić information content (AvgIpc) is 2.45. The van der Waals surface area contributed by atoms with Crippen LogP contribution in [0.3, 0.4) is 0 Å². The lowest BCUT2D eigenvalue weighted by atomic mass is 9.60. The van der Waals surface area contributed by atoms with Crippen molar-refractivity contribution in [2.75, 3.05) is 13.1 Å². The van der Waals surface area contributed by atoms with Crippen molar-refractivity contribution in [3.8, 4) is 0 Å². The van der Waals surface area contributed by atoms with Gasteiger partial charge in [0, 0.05) is 0 Å². The third kappa shape index (κ3) is 4.71. The zero-order valence-electron chi connectivity index (χ0n) is 15.3. The van der Waals surface area contributed by atoms with Crippen molar-refractivity contribution < 1.29 is 0 Å². The molecule has 0 aromatic heterocycles. The van der Waals surface area contributed by atoms with Crippen molar-refractivity contribution in [2.24, 2.45) is 35.0 Å². The predicted molar refractivity (Wildman–Crippen MR) is 93.4 cm³/mol. The van der Waals surface area contributed by atoms with Crippen LogP contribution in [-0.4, -0.2) is 13.1 Å². The first-order valence-electron chi connectivity index (χ1n) is 9.62. The molecule has 2 saturated carbocycles. The minimum absolute atomic E-state index is 0.503. The molecule has 124 valence electrons. The summed E-state index contributed by atoms with van der Waals surface area (Å²) in [6, 6.07) is 0. The van der Waals surface area contributed by atoms with Gasteiger partial charge in [-0.05, 0) is 80.2 Å². The van der Waals surface area contributed by atoms with Gasteiger partial charge in [0.05, 0.1) is 0 Å². The molecule has 2 aliphatic carbocycles. The van der Waals surface area contributed by atoms with Gasteiger partial charge in [0.2, 0.25) is 0 Å². The van der Waals surface area contributed by atoms with E-state index in [0.29, 0.717) is 5.41 Å². The first-order valence-corrected chi connectivity index (χ1v) is 9.62. The Morgan fingerprint density at radius 2 is 1.62 bits per heavy atom. The fraction of sp³-hybridized carbons (Fsp3) is 1.00. The lowest BCUT2D eigenvalue weighted by Crippen LogP contribution is -2.40. The molecule has 0 aromatic carbocycles. The molecule has 0 bridgehead atoms. The van der Waals surface area contributed by atoms with Crippen molar-refractivity contribution in [1.82, 2.24) is 5.32 Å². The Hall–Kier alpha value is -0.0400. The summed E-state index contributed by atoms with van der Waals surface area (Å²) in [6.07, 6.45) is 10.4. The Morgan fingerprint density at radius 1 is 0.952 bits per heavy atom. The fourth-order valence-electron chi connectivity index (χ4n) is 4.93. The van der Waals surface area contributed by atoms with Gasteiger partial charge in [0.15, 0.2) is 0 Å². The Morgan fingerprint density at radius 3 is 2.19 bits per heavy atom. The number of nitrogens with one attached hydrogen (secondary N) is 1. The molecule has 0 heterocycles. The maximum absolute atomic E-state index is 3.65. The van der Waals surface area contributed by atoms with Gasteiger partial charge < -0.3 is 5.32 Å². The molecule has 1 N–H and O–H groups in total. The molecular formula is C20H39N. The van der Waals surface area contributed by atoms with Crippen molar-refractivity contribution in [2.45, 2.75) is 79.6 Å². The SMILES string of the molecule is CCNCC1CCC(C(C)(C)C)CC1C1CCC(C)CC1. The molecule has 0 saturated heterocycles. The standard InChI is InChI=1S/C20H39N/c1-6-21-14-17-11-12-18(20(3,4)5)13-19(17)16-9-7-15(2)8-10-16/h15-19,21H,6-14H2,1-5H3. The molecule has 0 spiro atoms. The molecule has 0 aromatic rings. The van der Waals surface area contributed by atoms with E-state index < -0.39 is 0 Å². The number of hydrogen-bond acceptors (Lipinski definition) is 1. The molecule has 1 heteroatoms. The van der Waals surface area contributed by atoms with Crippen molar-refractivity contribution in [3.63, 3.8) is 0 Å². The highest BCUT2D eigenvalue weighted by atomic mass is 14.8. The first kappa shape index (κ1) is 17.3. The molecule has 0 aliphatic heterocycles. The summed E-state index contributed by atoms with van der Waals surface area (Å²) in [6.45, 7) is 14.5. The molecule has 0 amide bonds. The third-order valence-electron chi connectivity index (χ3n) is 6.60. The molecule has 3 atom stereocenters. The summed E-state index contributed by atoms with van der Waals surface area (Å²) in [5.74, 6) is 4.89. The lowest BCUT2D eigenvalue weighted by Gasteiger charge is -2.46. The maximum Gasteiger partial charge on any atom is -0.00179 e. The molecule has 1 nitrogen and oxygen atoms in total. The zero-order chi connectivity index (χ0) is 15.5. The summed E-state index contributed by atoms with van der Waals surface area (Å²) >= 11 is 0. The second-order valence-electron chi connectivity index (χ2n) is 9.13. The fourth-order valence-corrected chi connectivity index (χ4v) is 4.93.